The molecule has 0 amide bonds. The van der Waals surface area contributed by atoms with E-state index in [9.17, 15) is 0 Å². The van der Waals surface area contributed by atoms with Gasteiger partial charge in [-0.2, -0.15) is 0 Å². The lowest BCUT2D eigenvalue weighted by Crippen LogP contribution is -2.30. The summed E-state index contributed by atoms with van der Waals surface area (Å²) in [6.45, 7) is 2.21. The highest BCUT2D eigenvalue weighted by atomic mass is 16.5. The fourth-order valence-corrected chi connectivity index (χ4v) is 2.51. The third-order valence-corrected chi connectivity index (χ3v) is 3.50. The lowest BCUT2D eigenvalue weighted by Gasteiger charge is -2.21. The van der Waals surface area contributed by atoms with E-state index in [1.807, 2.05) is 18.2 Å². The standard InChI is InChI=1S/C14H18N2O2/c1-17-11-4-5-12-13(8-11)18-14(16-12)7-10-3-2-6-15-9-10/h4-5,8,10,15H,2-3,6-7,9H2,1H3. The zero-order valence-electron chi connectivity index (χ0n) is 10.6. The Morgan fingerprint density at radius 3 is 3.22 bits per heavy atom. The maximum Gasteiger partial charge on any atom is 0.195 e. The Bertz CT molecular complexity index is 530. The molecule has 4 nitrogen and oxygen atoms in total. The second kappa shape index (κ2) is 4.98. The smallest absolute Gasteiger partial charge is 0.195 e. The molecule has 18 heavy (non-hydrogen) atoms. The number of benzene rings is 1. The first-order chi connectivity index (χ1) is 8.85. The van der Waals surface area contributed by atoms with Crippen LogP contribution < -0.4 is 10.1 Å². The molecule has 0 radical (unpaired) electrons. The molecule has 1 aromatic heterocycles. The van der Waals surface area contributed by atoms with Crippen molar-refractivity contribution in [1.29, 1.82) is 0 Å². The molecule has 1 atom stereocenters. The molecule has 3 rings (SSSR count). The van der Waals surface area contributed by atoms with Crippen molar-refractivity contribution in [1.82, 2.24) is 10.3 Å². The van der Waals surface area contributed by atoms with Crippen LogP contribution in [0.2, 0.25) is 0 Å². The van der Waals surface area contributed by atoms with Gasteiger partial charge in [-0.3, -0.25) is 0 Å². The van der Waals surface area contributed by atoms with Crippen LogP contribution in [0.3, 0.4) is 0 Å². The van der Waals surface area contributed by atoms with Gasteiger partial charge in [0.25, 0.3) is 0 Å². The molecule has 2 heterocycles. The molecular weight excluding hydrogens is 228 g/mol. The second-order valence-electron chi connectivity index (χ2n) is 4.86. The van der Waals surface area contributed by atoms with Crippen LogP contribution in [0.25, 0.3) is 11.1 Å². The van der Waals surface area contributed by atoms with Crippen LogP contribution in [0.1, 0.15) is 18.7 Å². The van der Waals surface area contributed by atoms with Gasteiger partial charge in [-0.15, -0.1) is 0 Å². The molecule has 96 valence electrons. The highest BCUT2D eigenvalue weighted by Gasteiger charge is 2.16. The molecule has 1 fully saturated rings. The molecular formula is C14H18N2O2. The average molecular weight is 246 g/mol. The summed E-state index contributed by atoms with van der Waals surface area (Å²) in [6, 6.07) is 5.75. The minimum absolute atomic E-state index is 0.647. The lowest BCUT2D eigenvalue weighted by atomic mass is 9.96. The summed E-state index contributed by atoms with van der Waals surface area (Å²) in [5, 5.41) is 3.42. The molecule has 1 unspecified atom stereocenters. The number of nitrogens with one attached hydrogen (secondary N) is 1. The Hall–Kier alpha value is -1.55. The van der Waals surface area contributed by atoms with E-state index in [4.69, 9.17) is 9.15 Å². The molecule has 1 N–H and O–H groups in total. The minimum atomic E-state index is 0.647. The predicted octanol–water partition coefficient (Wildman–Crippen LogP) is 2.38. The normalized spacial score (nSPS) is 20.2. The summed E-state index contributed by atoms with van der Waals surface area (Å²) >= 11 is 0. The van der Waals surface area contributed by atoms with E-state index < -0.39 is 0 Å². The number of fused-ring (bicyclic) bond motifs is 1. The van der Waals surface area contributed by atoms with Gasteiger partial charge < -0.3 is 14.5 Å². The Kier molecular flexibility index (Phi) is 3.19. The maximum absolute atomic E-state index is 5.79. The number of piperidine rings is 1. The molecule has 4 heteroatoms. The number of hydrogen-bond donors (Lipinski definition) is 1. The first-order valence-electron chi connectivity index (χ1n) is 6.49. The van der Waals surface area contributed by atoms with Gasteiger partial charge in [-0.05, 0) is 44.0 Å². The first kappa shape index (κ1) is 11.5. The van der Waals surface area contributed by atoms with Crippen molar-refractivity contribution in [3.05, 3.63) is 24.1 Å². The van der Waals surface area contributed by atoms with E-state index in [0.29, 0.717) is 5.92 Å². The van der Waals surface area contributed by atoms with Crippen molar-refractivity contribution >= 4 is 11.1 Å². The van der Waals surface area contributed by atoms with E-state index in [1.54, 1.807) is 7.11 Å². The van der Waals surface area contributed by atoms with E-state index >= 15 is 0 Å². The van der Waals surface area contributed by atoms with Crippen molar-refractivity contribution in [2.45, 2.75) is 19.3 Å². The van der Waals surface area contributed by atoms with Gasteiger partial charge in [-0.25, -0.2) is 4.98 Å². The number of ether oxygens (including phenoxy) is 1. The molecule has 1 aromatic carbocycles. The zero-order valence-corrected chi connectivity index (χ0v) is 10.6. The summed E-state index contributed by atoms with van der Waals surface area (Å²) < 4.78 is 11.0. The van der Waals surface area contributed by atoms with Crippen LogP contribution in [0.4, 0.5) is 0 Å². The number of oxazole rings is 1. The number of aromatic nitrogens is 1. The molecule has 2 aromatic rings. The second-order valence-corrected chi connectivity index (χ2v) is 4.86. The SMILES string of the molecule is COc1ccc2nc(CC3CCCNC3)oc2c1. The van der Waals surface area contributed by atoms with Crippen molar-refractivity contribution in [3.63, 3.8) is 0 Å². The average Bonchev–Trinajstić information content (AvgIpc) is 2.80. The molecule has 0 saturated carbocycles. The topological polar surface area (TPSA) is 47.3 Å². The summed E-state index contributed by atoms with van der Waals surface area (Å²) in [4.78, 5) is 4.53. The van der Waals surface area contributed by atoms with Crippen LogP contribution >= 0.6 is 0 Å². The molecule has 1 saturated heterocycles. The molecule has 1 aliphatic heterocycles. The van der Waals surface area contributed by atoms with Crippen LogP contribution in [0.15, 0.2) is 22.6 Å². The van der Waals surface area contributed by atoms with Crippen molar-refractivity contribution < 1.29 is 9.15 Å². The van der Waals surface area contributed by atoms with Gasteiger partial charge in [0, 0.05) is 12.5 Å². The van der Waals surface area contributed by atoms with Crippen LogP contribution in [0, 0.1) is 5.92 Å². The highest BCUT2D eigenvalue weighted by molar-refractivity contribution is 5.74. The van der Waals surface area contributed by atoms with E-state index in [1.165, 1.54) is 12.8 Å². The Labute approximate surface area is 106 Å². The third kappa shape index (κ3) is 2.34. The summed E-state index contributed by atoms with van der Waals surface area (Å²) in [5.41, 5.74) is 1.72. The maximum atomic E-state index is 5.79. The zero-order chi connectivity index (χ0) is 12.4. The number of rotatable bonds is 3. The highest BCUT2D eigenvalue weighted by Crippen LogP contribution is 2.23. The largest absolute Gasteiger partial charge is 0.497 e. The van der Waals surface area contributed by atoms with Crippen LogP contribution in [0.5, 0.6) is 5.75 Å². The monoisotopic (exact) mass is 246 g/mol. The molecule has 1 aliphatic rings. The van der Waals surface area contributed by atoms with Crippen LogP contribution in [-0.2, 0) is 6.42 Å². The quantitative estimate of drug-likeness (QED) is 0.903. The summed E-state index contributed by atoms with van der Waals surface area (Å²) in [7, 11) is 1.66. The van der Waals surface area contributed by atoms with Crippen molar-refractivity contribution in [2.24, 2.45) is 5.92 Å². The van der Waals surface area contributed by atoms with Gasteiger partial charge in [-0.1, -0.05) is 0 Å². The minimum Gasteiger partial charge on any atom is -0.497 e. The van der Waals surface area contributed by atoms with E-state index in [2.05, 4.69) is 10.3 Å². The van der Waals surface area contributed by atoms with Gasteiger partial charge in [0.05, 0.1) is 7.11 Å². The number of methoxy groups -OCH3 is 1. The van der Waals surface area contributed by atoms with Crippen LogP contribution in [-0.4, -0.2) is 25.2 Å². The Morgan fingerprint density at radius 2 is 2.44 bits per heavy atom. The van der Waals surface area contributed by atoms with Gasteiger partial charge in [0.1, 0.15) is 11.3 Å². The van der Waals surface area contributed by atoms with Gasteiger partial charge in [0.2, 0.25) is 0 Å². The van der Waals surface area contributed by atoms with E-state index in [0.717, 1.165) is 42.3 Å². The predicted molar refractivity (Wildman–Crippen MR) is 69.9 cm³/mol. The Balaban J connectivity index is 1.79. The lowest BCUT2D eigenvalue weighted by molar-refractivity contribution is 0.349. The first-order valence-corrected chi connectivity index (χ1v) is 6.49. The van der Waals surface area contributed by atoms with Crippen molar-refractivity contribution in [3.8, 4) is 5.75 Å². The molecule has 0 bridgehead atoms. The molecule has 0 aliphatic carbocycles. The fourth-order valence-electron chi connectivity index (χ4n) is 2.51. The van der Waals surface area contributed by atoms with Gasteiger partial charge >= 0.3 is 0 Å². The Morgan fingerprint density at radius 1 is 1.50 bits per heavy atom. The summed E-state index contributed by atoms with van der Waals surface area (Å²) in [5.74, 6) is 2.30. The molecule has 0 spiro atoms. The third-order valence-electron chi connectivity index (χ3n) is 3.50. The summed E-state index contributed by atoms with van der Waals surface area (Å²) in [6.07, 6.45) is 3.43. The van der Waals surface area contributed by atoms with Crippen molar-refractivity contribution in [2.75, 3.05) is 20.2 Å². The fraction of sp³-hybridized carbons (Fsp3) is 0.500. The van der Waals surface area contributed by atoms with E-state index in [-0.39, 0.29) is 0 Å². The van der Waals surface area contributed by atoms with Gasteiger partial charge in [0.15, 0.2) is 11.5 Å². The number of nitrogens with zero attached hydrogens (tertiary/aromatic N) is 1. The number of hydrogen-bond acceptors (Lipinski definition) is 4.